The normalized spacial score (nSPS) is 28.7. The van der Waals surface area contributed by atoms with E-state index in [-0.39, 0.29) is 18.4 Å². The third kappa shape index (κ3) is 4.83. The molecule has 0 aromatic heterocycles. The van der Waals surface area contributed by atoms with Crippen molar-refractivity contribution in [3.63, 3.8) is 0 Å². The average Bonchev–Trinajstić information content (AvgIpc) is 2.54. The summed E-state index contributed by atoms with van der Waals surface area (Å²) in [5.41, 5.74) is 0. The Morgan fingerprint density at radius 2 is 1.78 bits per heavy atom. The zero-order valence-corrected chi connectivity index (χ0v) is 13.7. The van der Waals surface area contributed by atoms with E-state index in [4.69, 9.17) is 0 Å². The standard InChI is InChI=1S/C16H27F3N2O2/c1-2-12(22)11-20-7-9-21(10-8-20)15(23)13-5-3-4-6-14(13)16(17,18)19/h12-14,22H,2-11H2,1H3/t12-,13+,14-/m0/s1. The van der Waals surface area contributed by atoms with Crippen LogP contribution in [0.15, 0.2) is 0 Å². The van der Waals surface area contributed by atoms with Crippen LogP contribution >= 0.6 is 0 Å². The molecule has 2 rings (SSSR count). The summed E-state index contributed by atoms with van der Waals surface area (Å²) >= 11 is 0. The third-order valence-corrected chi connectivity index (χ3v) is 5.13. The molecule has 1 aliphatic carbocycles. The Balaban J connectivity index is 1.90. The van der Waals surface area contributed by atoms with E-state index in [2.05, 4.69) is 4.90 Å². The lowest BCUT2D eigenvalue weighted by Crippen LogP contribution is -2.53. The van der Waals surface area contributed by atoms with Crippen molar-refractivity contribution in [2.45, 2.75) is 51.3 Å². The number of carbonyl (C=O) groups excluding carboxylic acids is 1. The summed E-state index contributed by atoms with van der Waals surface area (Å²) in [6, 6.07) is 0. The molecule has 0 spiro atoms. The number of piperazine rings is 1. The van der Waals surface area contributed by atoms with E-state index in [1.165, 1.54) is 0 Å². The molecule has 7 heteroatoms. The molecule has 134 valence electrons. The van der Waals surface area contributed by atoms with Gasteiger partial charge in [0.2, 0.25) is 5.91 Å². The fourth-order valence-electron chi connectivity index (χ4n) is 3.63. The summed E-state index contributed by atoms with van der Waals surface area (Å²) in [6.45, 7) is 4.61. The minimum Gasteiger partial charge on any atom is -0.392 e. The Morgan fingerprint density at radius 1 is 1.17 bits per heavy atom. The number of aliphatic hydroxyl groups is 1. The van der Waals surface area contributed by atoms with E-state index < -0.39 is 18.0 Å². The summed E-state index contributed by atoms with van der Waals surface area (Å²) in [7, 11) is 0. The Bertz CT molecular complexity index is 395. The molecule has 1 amide bonds. The van der Waals surface area contributed by atoms with E-state index in [1.54, 1.807) is 4.90 Å². The van der Waals surface area contributed by atoms with Crippen LogP contribution in [0.25, 0.3) is 0 Å². The van der Waals surface area contributed by atoms with Gasteiger partial charge in [0, 0.05) is 38.6 Å². The number of aliphatic hydroxyl groups excluding tert-OH is 1. The van der Waals surface area contributed by atoms with Crippen LogP contribution in [0.1, 0.15) is 39.0 Å². The van der Waals surface area contributed by atoms with Crippen molar-refractivity contribution >= 4 is 5.91 Å². The number of hydrogen-bond acceptors (Lipinski definition) is 3. The summed E-state index contributed by atoms with van der Waals surface area (Å²) in [5, 5.41) is 9.67. The average molecular weight is 336 g/mol. The molecule has 3 atom stereocenters. The van der Waals surface area contributed by atoms with Crippen molar-refractivity contribution in [2.75, 3.05) is 32.7 Å². The first kappa shape index (κ1) is 18.5. The Hall–Kier alpha value is -0.820. The molecule has 0 aromatic rings. The lowest BCUT2D eigenvalue weighted by atomic mass is 9.78. The van der Waals surface area contributed by atoms with Crippen molar-refractivity contribution < 1.29 is 23.1 Å². The van der Waals surface area contributed by atoms with E-state index >= 15 is 0 Å². The van der Waals surface area contributed by atoms with Crippen LogP contribution < -0.4 is 0 Å². The monoisotopic (exact) mass is 336 g/mol. The molecule has 4 nitrogen and oxygen atoms in total. The summed E-state index contributed by atoms with van der Waals surface area (Å²) < 4.78 is 39.5. The predicted octanol–water partition coefficient (Wildman–Crippen LogP) is 2.27. The first-order valence-corrected chi connectivity index (χ1v) is 8.58. The molecular formula is C16H27F3N2O2. The van der Waals surface area contributed by atoms with Crippen LogP contribution in [0.2, 0.25) is 0 Å². The van der Waals surface area contributed by atoms with Crippen LogP contribution in [0.5, 0.6) is 0 Å². The second-order valence-corrected chi connectivity index (χ2v) is 6.73. The minimum absolute atomic E-state index is 0.0720. The maximum atomic E-state index is 13.2. The minimum atomic E-state index is -4.28. The lowest BCUT2D eigenvalue weighted by molar-refractivity contribution is -0.201. The summed E-state index contributed by atoms with van der Waals surface area (Å²) in [6.07, 6.45) is -2.32. The van der Waals surface area contributed by atoms with Crippen LogP contribution in [0.3, 0.4) is 0 Å². The molecule has 1 aliphatic heterocycles. The van der Waals surface area contributed by atoms with Crippen molar-refractivity contribution in [1.82, 2.24) is 9.80 Å². The molecule has 0 bridgehead atoms. The van der Waals surface area contributed by atoms with Gasteiger partial charge in [0.25, 0.3) is 0 Å². The number of hydrogen-bond donors (Lipinski definition) is 1. The van der Waals surface area contributed by atoms with Gasteiger partial charge in [0.05, 0.1) is 12.0 Å². The number of nitrogens with zero attached hydrogens (tertiary/aromatic N) is 2. The van der Waals surface area contributed by atoms with Gasteiger partial charge in [-0.3, -0.25) is 9.69 Å². The van der Waals surface area contributed by atoms with Gasteiger partial charge >= 0.3 is 6.18 Å². The van der Waals surface area contributed by atoms with E-state index in [0.29, 0.717) is 58.4 Å². The molecule has 1 saturated carbocycles. The molecule has 0 aromatic carbocycles. The van der Waals surface area contributed by atoms with E-state index in [0.717, 1.165) is 0 Å². The van der Waals surface area contributed by atoms with Gasteiger partial charge in [-0.25, -0.2) is 0 Å². The maximum absolute atomic E-state index is 13.2. The highest BCUT2D eigenvalue weighted by molar-refractivity contribution is 5.79. The number of alkyl halides is 3. The zero-order valence-electron chi connectivity index (χ0n) is 13.7. The molecule has 1 heterocycles. The van der Waals surface area contributed by atoms with Crippen LogP contribution in [-0.2, 0) is 4.79 Å². The third-order valence-electron chi connectivity index (χ3n) is 5.13. The highest BCUT2D eigenvalue weighted by Crippen LogP contribution is 2.42. The van der Waals surface area contributed by atoms with Crippen molar-refractivity contribution in [3.8, 4) is 0 Å². The molecule has 1 saturated heterocycles. The van der Waals surface area contributed by atoms with Gasteiger partial charge in [-0.05, 0) is 19.3 Å². The van der Waals surface area contributed by atoms with Gasteiger partial charge in [-0.2, -0.15) is 13.2 Å². The largest absolute Gasteiger partial charge is 0.392 e. The highest BCUT2D eigenvalue weighted by Gasteiger charge is 2.49. The number of amides is 1. The molecule has 1 N–H and O–H groups in total. The first-order valence-electron chi connectivity index (χ1n) is 8.58. The Labute approximate surface area is 135 Å². The Kier molecular flexibility index (Phi) is 6.31. The molecular weight excluding hydrogens is 309 g/mol. The molecule has 23 heavy (non-hydrogen) atoms. The number of halogens is 3. The van der Waals surface area contributed by atoms with E-state index in [9.17, 15) is 23.1 Å². The van der Waals surface area contributed by atoms with Gasteiger partial charge in [0.15, 0.2) is 0 Å². The van der Waals surface area contributed by atoms with Crippen LogP contribution in [0, 0.1) is 11.8 Å². The summed E-state index contributed by atoms with van der Waals surface area (Å²) in [5.74, 6) is -2.72. The summed E-state index contributed by atoms with van der Waals surface area (Å²) in [4.78, 5) is 16.2. The number of β-amino-alcohol motifs (C(OH)–C–C–N with tert-alkyl or cyclic N) is 1. The smallest absolute Gasteiger partial charge is 0.392 e. The fraction of sp³-hybridized carbons (Fsp3) is 0.938. The lowest BCUT2D eigenvalue weighted by Gasteiger charge is -2.40. The topological polar surface area (TPSA) is 43.8 Å². The second-order valence-electron chi connectivity index (χ2n) is 6.73. The maximum Gasteiger partial charge on any atom is 0.392 e. The van der Waals surface area contributed by atoms with Crippen LogP contribution in [0.4, 0.5) is 13.2 Å². The van der Waals surface area contributed by atoms with Crippen molar-refractivity contribution in [2.24, 2.45) is 11.8 Å². The first-order chi connectivity index (χ1) is 10.8. The number of rotatable bonds is 4. The zero-order chi connectivity index (χ0) is 17.0. The predicted molar refractivity (Wildman–Crippen MR) is 80.8 cm³/mol. The quantitative estimate of drug-likeness (QED) is 0.856. The molecule has 2 fully saturated rings. The molecule has 0 unspecified atom stereocenters. The van der Waals surface area contributed by atoms with Gasteiger partial charge in [-0.15, -0.1) is 0 Å². The highest BCUT2D eigenvalue weighted by atomic mass is 19.4. The second kappa shape index (κ2) is 7.83. The van der Waals surface area contributed by atoms with Gasteiger partial charge in [-0.1, -0.05) is 19.8 Å². The SMILES string of the molecule is CC[C@H](O)CN1CCN(C(=O)[C@@H]2CCCC[C@@H]2C(F)(F)F)CC1. The van der Waals surface area contributed by atoms with Crippen molar-refractivity contribution in [1.29, 1.82) is 0 Å². The Morgan fingerprint density at radius 3 is 2.35 bits per heavy atom. The van der Waals surface area contributed by atoms with Crippen LogP contribution in [-0.4, -0.2) is 65.8 Å². The van der Waals surface area contributed by atoms with Gasteiger partial charge in [0.1, 0.15) is 0 Å². The van der Waals surface area contributed by atoms with E-state index in [1.807, 2.05) is 6.92 Å². The number of carbonyl (C=O) groups is 1. The van der Waals surface area contributed by atoms with Gasteiger partial charge < -0.3 is 10.0 Å². The fourth-order valence-corrected chi connectivity index (χ4v) is 3.63. The molecule has 2 aliphatic rings. The molecule has 0 radical (unpaired) electrons. The van der Waals surface area contributed by atoms with Crippen molar-refractivity contribution in [3.05, 3.63) is 0 Å².